The molecule has 1 N–H and O–H groups in total. The maximum absolute atomic E-state index is 13.7. The van der Waals surface area contributed by atoms with Crippen molar-refractivity contribution in [3.8, 4) is 0 Å². The lowest BCUT2D eigenvalue weighted by atomic mass is 10.00. The maximum atomic E-state index is 13.7. The number of piperazine rings is 1. The van der Waals surface area contributed by atoms with Gasteiger partial charge in [-0.05, 0) is 34.0 Å². The Morgan fingerprint density at radius 3 is 2.55 bits per heavy atom. The molecule has 1 atom stereocenters. The third-order valence-electron chi connectivity index (χ3n) is 3.49. The van der Waals surface area contributed by atoms with Crippen LogP contribution in [-0.4, -0.2) is 31.1 Å². The fraction of sp³-hybridized carbons (Fsp3) is 0.571. The van der Waals surface area contributed by atoms with Gasteiger partial charge in [0.1, 0.15) is 5.82 Å². The SMILES string of the molecule is CCC[C@@H](c1cccc(F)c1Br)N1CCNCC1.Cl.Cl. The van der Waals surface area contributed by atoms with E-state index in [1.54, 1.807) is 6.07 Å². The van der Waals surface area contributed by atoms with Crippen LogP contribution >= 0.6 is 40.7 Å². The van der Waals surface area contributed by atoms with Gasteiger partial charge in [-0.1, -0.05) is 25.5 Å². The lowest BCUT2D eigenvalue weighted by Crippen LogP contribution is -2.45. The van der Waals surface area contributed by atoms with Gasteiger partial charge in [-0.2, -0.15) is 0 Å². The highest BCUT2D eigenvalue weighted by atomic mass is 79.9. The monoisotopic (exact) mass is 386 g/mol. The first kappa shape index (κ1) is 20.1. The smallest absolute Gasteiger partial charge is 0.137 e. The normalized spacial score (nSPS) is 16.9. The summed E-state index contributed by atoms with van der Waals surface area (Å²) >= 11 is 3.40. The van der Waals surface area contributed by atoms with Crippen LogP contribution in [0.25, 0.3) is 0 Å². The van der Waals surface area contributed by atoms with Gasteiger partial charge in [0.25, 0.3) is 0 Å². The van der Waals surface area contributed by atoms with Gasteiger partial charge < -0.3 is 5.32 Å². The number of nitrogens with one attached hydrogen (secondary N) is 1. The predicted octanol–water partition coefficient (Wildman–Crippen LogP) is 4.18. The highest BCUT2D eigenvalue weighted by molar-refractivity contribution is 9.10. The molecule has 1 aromatic carbocycles. The average molecular weight is 388 g/mol. The van der Waals surface area contributed by atoms with Crippen molar-refractivity contribution in [2.75, 3.05) is 26.2 Å². The molecule has 2 nitrogen and oxygen atoms in total. The molecule has 0 saturated carbocycles. The molecule has 1 fully saturated rings. The van der Waals surface area contributed by atoms with Crippen LogP contribution in [0.1, 0.15) is 31.4 Å². The van der Waals surface area contributed by atoms with Crippen molar-refractivity contribution >= 4 is 40.7 Å². The van der Waals surface area contributed by atoms with Gasteiger partial charge in [0.2, 0.25) is 0 Å². The zero-order valence-corrected chi connectivity index (χ0v) is 14.8. The molecule has 0 radical (unpaired) electrons. The standard InChI is InChI=1S/C14H20BrFN2.2ClH/c1-2-4-13(18-9-7-17-8-10-18)11-5-3-6-12(16)14(11)15;;/h3,5-6,13,17H,2,4,7-10H2,1H3;2*1H/t13-;;/m0../s1. The molecule has 0 bridgehead atoms. The molecule has 2 rings (SSSR count). The Hall–Kier alpha value is 0.130. The Labute approximate surface area is 141 Å². The van der Waals surface area contributed by atoms with E-state index in [-0.39, 0.29) is 30.6 Å². The van der Waals surface area contributed by atoms with Crippen LogP contribution in [-0.2, 0) is 0 Å². The number of benzene rings is 1. The Bertz CT molecular complexity index is 401. The zero-order chi connectivity index (χ0) is 13.0. The summed E-state index contributed by atoms with van der Waals surface area (Å²) in [7, 11) is 0. The molecule has 1 aliphatic rings. The summed E-state index contributed by atoms with van der Waals surface area (Å²) in [5, 5.41) is 3.36. The van der Waals surface area contributed by atoms with Gasteiger partial charge in [0.05, 0.1) is 4.47 Å². The Morgan fingerprint density at radius 1 is 1.30 bits per heavy atom. The minimum atomic E-state index is -0.163. The minimum Gasteiger partial charge on any atom is -0.314 e. The lowest BCUT2D eigenvalue weighted by Gasteiger charge is -2.35. The van der Waals surface area contributed by atoms with Gasteiger partial charge >= 0.3 is 0 Å². The van der Waals surface area contributed by atoms with Crippen LogP contribution in [0.3, 0.4) is 0 Å². The first-order valence-corrected chi connectivity index (χ1v) is 7.42. The van der Waals surface area contributed by atoms with E-state index in [1.165, 1.54) is 6.07 Å². The van der Waals surface area contributed by atoms with E-state index < -0.39 is 0 Å². The molecule has 1 aliphatic heterocycles. The topological polar surface area (TPSA) is 15.3 Å². The largest absolute Gasteiger partial charge is 0.314 e. The van der Waals surface area contributed by atoms with Gasteiger partial charge in [-0.25, -0.2) is 4.39 Å². The summed E-state index contributed by atoms with van der Waals surface area (Å²) in [5.74, 6) is -0.163. The lowest BCUT2D eigenvalue weighted by molar-refractivity contribution is 0.164. The van der Waals surface area contributed by atoms with Gasteiger partial charge in [0, 0.05) is 32.2 Å². The second-order valence-corrected chi connectivity index (χ2v) is 5.53. The number of hydrogen-bond donors (Lipinski definition) is 1. The van der Waals surface area contributed by atoms with Gasteiger partial charge in [-0.15, -0.1) is 24.8 Å². The molecule has 0 spiro atoms. The Morgan fingerprint density at radius 2 is 1.95 bits per heavy atom. The molecule has 0 aromatic heterocycles. The molecule has 1 heterocycles. The summed E-state index contributed by atoms with van der Waals surface area (Å²) in [6.45, 7) is 6.30. The Kier molecular flexibility index (Phi) is 10.0. The molecule has 0 amide bonds. The number of rotatable bonds is 4. The summed E-state index contributed by atoms with van der Waals surface area (Å²) < 4.78 is 14.3. The van der Waals surface area contributed by atoms with E-state index in [0.29, 0.717) is 10.5 Å². The fourth-order valence-electron chi connectivity index (χ4n) is 2.58. The Balaban J connectivity index is 0.00000180. The van der Waals surface area contributed by atoms with Crippen LogP contribution in [0.2, 0.25) is 0 Å². The summed E-state index contributed by atoms with van der Waals surface area (Å²) in [6.07, 6.45) is 2.18. The molecular weight excluding hydrogens is 366 g/mol. The third-order valence-corrected chi connectivity index (χ3v) is 4.33. The summed E-state index contributed by atoms with van der Waals surface area (Å²) in [6, 6.07) is 5.67. The van der Waals surface area contributed by atoms with Gasteiger partial charge in [0.15, 0.2) is 0 Å². The van der Waals surface area contributed by atoms with Crippen LogP contribution < -0.4 is 5.32 Å². The van der Waals surface area contributed by atoms with E-state index in [2.05, 4.69) is 33.1 Å². The molecular formula is C14H22BrCl2FN2. The molecule has 0 aliphatic carbocycles. The number of hydrogen-bond acceptors (Lipinski definition) is 2. The molecule has 116 valence electrons. The van der Waals surface area contributed by atoms with E-state index >= 15 is 0 Å². The molecule has 6 heteroatoms. The van der Waals surface area contributed by atoms with Crippen molar-refractivity contribution in [2.45, 2.75) is 25.8 Å². The van der Waals surface area contributed by atoms with E-state index in [4.69, 9.17) is 0 Å². The van der Waals surface area contributed by atoms with Crippen LogP contribution in [0.5, 0.6) is 0 Å². The van der Waals surface area contributed by atoms with Crippen LogP contribution in [0.15, 0.2) is 22.7 Å². The number of nitrogens with zero attached hydrogens (tertiary/aromatic N) is 1. The summed E-state index contributed by atoms with van der Waals surface area (Å²) in [5.41, 5.74) is 1.08. The quantitative estimate of drug-likeness (QED) is 0.833. The summed E-state index contributed by atoms with van der Waals surface area (Å²) in [4.78, 5) is 2.46. The first-order valence-electron chi connectivity index (χ1n) is 6.62. The second-order valence-electron chi connectivity index (χ2n) is 4.73. The van der Waals surface area contributed by atoms with E-state index in [1.807, 2.05) is 6.07 Å². The fourth-order valence-corrected chi connectivity index (χ4v) is 3.11. The maximum Gasteiger partial charge on any atom is 0.137 e. The van der Waals surface area contributed by atoms with Crippen LogP contribution in [0, 0.1) is 5.82 Å². The molecule has 0 unspecified atom stereocenters. The van der Waals surface area contributed by atoms with Crippen molar-refractivity contribution in [3.63, 3.8) is 0 Å². The second kappa shape index (κ2) is 9.96. The van der Waals surface area contributed by atoms with Gasteiger partial charge in [-0.3, -0.25) is 4.90 Å². The van der Waals surface area contributed by atoms with Crippen molar-refractivity contribution in [1.82, 2.24) is 10.2 Å². The zero-order valence-electron chi connectivity index (χ0n) is 11.6. The van der Waals surface area contributed by atoms with Crippen LogP contribution in [0.4, 0.5) is 4.39 Å². The molecule has 20 heavy (non-hydrogen) atoms. The average Bonchev–Trinajstić information content (AvgIpc) is 2.41. The molecule has 1 saturated heterocycles. The highest BCUT2D eigenvalue weighted by Crippen LogP contribution is 2.33. The van der Waals surface area contributed by atoms with Crippen molar-refractivity contribution in [2.24, 2.45) is 0 Å². The van der Waals surface area contributed by atoms with Crippen molar-refractivity contribution < 1.29 is 4.39 Å². The van der Waals surface area contributed by atoms with Crippen molar-refractivity contribution in [1.29, 1.82) is 0 Å². The van der Waals surface area contributed by atoms with Crippen molar-refractivity contribution in [3.05, 3.63) is 34.1 Å². The molecule has 1 aromatic rings. The highest BCUT2D eigenvalue weighted by Gasteiger charge is 2.23. The van der Waals surface area contributed by atoms with E-state index in [0.717, 1.165) is 44.6 Å². The predicted molar refractivity (Wildman–Crippen MR) is 90.7 cm³/mol. The van der Waals surface area contributed by atoms with E-state index in [9.17, 15) is 4.39 Å². The first-order chi connectivity index (χ1) is 8.74. The third kappa shape index (κ3) is 4.85. The minimum absolute atomic E-state index is 0. The number of halogens is 4.